The number of aliphatic imine (C=N–C) groups is 1. The Morgan fingerprint density at radius 2 is 1.88 bits per heavy atom. The monoisotopic (exact) mass is 669 g/mol. The van der Waals surface area contributed by atoms with Gasteiger partial charge in [-0.1, -0.05) is 24.3 Å². The predicted octanol–water partition coefficient (Wildman–Crippen LogP) is 6.36. The molecule has 5 nitrogen and oxygen atoms in total. The molecule has 1 aliphatic rings. The molecule has 0 spiro atoms. The molecule has 33 heavy (non-hydrogen) atoms. The van der Waals surface area contributed by atoms with Crippen molar-refractivity contribution in [2.45, 2.75) is 13.5 Å². The molecule has 0 aliphatic carbocycles. The zero-order valence-electron chi connectivity index (χ0n) is 17.5. The van der Waals surface area contributed by atoms with Crippen molar-refractivity contribution in [3.8, 4) is 11.5 Å². The highest BCUT2D eigenvalue weighted by Gasteiger charge is 2.26. The molecule has 0 saturated heterocycles. The number of carbonyl (C=O) groups excluding carboxylic acids is 1. The molecule has 168 valence electrons. The van der Waals surface area contributed by atoms with Crippen LogP contribution in [0.5, 0.6) is 11.5 Å². The lowest BCUT2D eigenvalue weighted by Crippen LogP contribution is -2.07. The number of rotatable bonds is 7. The molecular formula is C25H18FI2NO4. The molecule has 3 aromatic carbocycles. The Morgan fingerprint density at radius 3 is 2.64 bits per heavy atom. The maximum atomic E-state index is 14.1. The van der Waals surface area contributed by atoms with Crippen molar-refractivity contribution in [1.29, 1.82) is 0 Å². The lowest BCUT2D eigenvalue weighted by atomic mass is 10.1. The van der Waals surface area contributed by atoms with Crippen LogP contribution in [-0.4, -0.2) is 18.5 Å². The Balaban J connectivity index is 1.62. The van der Waals surface area contributed by atoms with Crippen LogP contribution in [0.2, 0.25) is 0 Å². The zero-order chi connectivity index (χ0) is 23.4. The average Bonchev–Trinajstić information content (AvgIpc) is 3.13. The Morgan fingerprint density at radius 1 is 1.06 bits per heavy atom. The minimum Gasteiger partial charge on any atom is -0.490 e. The number of cyclic esters (lactones) is 1. The van der Waals surface area contributed by atoms with Crippen LogP contribution in [-0.2, 0) is 16.1 Å². The summed E-state index contributed by atoms with van der Waals surface area (Å²) in [5, 5.41) is 0. The van der Waals surface area contributed by atoms with E-state index in [0.717, 1.165) is 12.7 Å². The van der Waals surface area contributed by atoms with Crippen molar-refractivity contribution in [2.75, 3.05) is 6.61 Å². The van der Waals surface area contributed by atoms with Gasteiger partial charge in [0.25, 0.3) is 0 Å². The second-order valence-electron chi connectivity index (χ2n) is 7.00. The number of esters is 1. The summed E-state index contributed by atoms with van der Waals surface area (Å²) in [7, 11) is 0. The van der Waals surface area contributed by atoms with Crippen LogP contribution >= 0.6 is 45.2 Å². The SMILES string of the molecule is CCOc1cc(/C=C2\N=C(c3ccccc3F)OC2=O)cc(I)c1OCc1cccc(I)c1. The van der Waals surface area contributed by atoms with Crippen LogP contribution in [0.1, 0.15) is 23.6 Å². The van der Waals surface area contributed by atoms with E-state index in [1.807, 2.05) is 31.2 Å². The van der Waals surface area contributed by atoms with E-state index in [1.165, 1.54) is 12.1 Å². The summed E-state index contributed by atoms with van der Waals surface area (Å²) < 4.78 is 33.1. The van der Waals surface area contributed by atoms with E-state index in [4.69, 9.17) is 14.2 Å². The first kappa shape index (κ1) is 23.7. The average molecular weight is 669 g/mol. The fourth-order valence-corrected chi connectivity index (χ4v) is 4.56. The van der Waals surface area contributed by atoms with Crippen LogP contribution in [0.25, 0.3) is 6.08 Å². The molecule has 0 amide bonds. The number of ether oxygens (including phenoxy) is 3. The Bertz CT molecular complexity index is 1270. The number of hydrogen-bond acceptors (Lipinski definition) is 5. The maximum absolute atomic E-state index is 14.1. The van der Waals surface area contributed by atoms with Gasteiger partial charge in [-0.3, -0.25) is 0 Å². The molecule has 0 bridgehead atoms. The highest BCUT2D eigenvalue weighted by Crippen LogP contribution is 2.36. The first-order valence-corrected chi connectivity index (χ1v) is 12.2. The van der Waals surface area contributed by atoms with E-state index < -0.39 is 11.8 Å². The summed E-state index contributed by atoms with van der Waals surface area (Å²) >= 11 is 4.44. The van der Waals surface area contributed by atoms with Crippen molar-refractivity contribution in [3.63, 3.8) is 0 Å². The molecule has 0 unspecified atom stereocenters. The van der Waals surface area contributed by atoms with Gasteiger partial charge in [-0.25, -0.2) is 14.2 Å². The third-order valence-electron chi connectivity index (χ3n) is 4.63. The molecule has 0 fully saturated rings. The molecule has 0 radical (unpaired) electrons. The van der Waals surface area contributed by atoms with E-state index in [-0.39, 0.29) is 17.2 Å². The maximum Gasteiger partial charge on any atom is 0.363 e. The molecule has 1 heterocycles. The number of hydrogen-bond donors (Lipinski definition) is 0. The van der Waals surface area contributed by atoms with Crippen LogP contribution in [0.4, 0.5) is 4.39 Å². The van der Waals surface area contributed by atoms with E-state index >= 15 is 0 Å². The topological polar surface area (TPSA) is 57.1 Å². The summed E-state index contributed by atoms with van der Waals surface area (Å²) in [5.41, 5.74) is 1.96. The quantitative estimate of drug-likeness (QED) is 0.167. The predicted molar refractivity (Wildman–Crippen MR) is 141 cm³/mol. The second-order valence-corrected chi connectivity index (χ2v) is 9.41. The number of nitrogens with zero attached hydrogens (tertiary/aromatic N) is 1. The van der Waals surface area contributed by atoms with Gasteiger partial charge in [-0.15, -0.1) is 0 Å². The molecule has 3 aromatic rings. The Kier molecular flexibility index (Phi) is 7.63. The molecule has 4 rings (SSSR count). The second kappa shape index (κ2) is 10.6. The lowest BCUT2D eigenvalue weighted by molar-refractivity contribution is -0.129. The summed E-state index contributed by atoms with van der Waals surface area (Å²) in [4.78, 5) is 16.5. The molecule has 1 aliphatic heterocycles. The highest BCUT2D eigenvalue weighted by molar-refractivity contribution is 14.1. The van der Waals surface area contributed by atoms with Crippen LogP contribution in [0.15, 0.2) is 71.4 Å². The molecule has 8 heteroatoms. The summed E-state index contributed by atoms with van der Waals surface area (Å²) in [6, 6.07) is 17.7. The Hall–Kier alpha value is -2.47. The summed E-state index contributed by atoms with van der Waals surface area (Å²) in [6.07, 6.45) is 1.59. The van der Waals surface area contributed by atoms with Crippen molar-refractivity contribution in [3.05, 3.63) is 96.0 Å². The summed E-state index contributed by atoms with van der Waals surface area (Å²) in [5.74, 6) is -0.00982. The first-order valence-electron chi connectivity index (χ1n) is 10.1. The molecule has 0 aromatic heterocycles. The molecule has 0 saturated carbocycles. The van der Waals surface area contributed by atoms with Gasteiger partial charge in [-0.2, -0.15) is 0 Å². The van der Waals surface area contributed by atoms with Crippen LogP contribution in [0.3, 0.4) is 0 Å². The number of carbonyl (C=O) groups is 1. The van der Waals surface area contributed by atoms with Crippen molar-refractivity contribution in [1.82, 2.24) is 0 Å². The molecular weight excluding hydrogens is 651 g/mol. The van der Waals surface area contributed by atoms with Gasteiger partial charge in [0.05, 0.1) is 15.7 Å². The minimum absolute atomic E-state index is 0.0541. The number of benzene rings is 3. The van der Waals surface area contributed by atoms with Gasteiger partial charge < -0.3 is 14.2 Å². The van der Waals surface area contributed by atoms with Crippen LogP contribution in [0, 0.1) is 13.0 Å². The molecule has 0 N–H and O–H groups in total. The number of halogens is 3. The Labute approximate surface area is 217 Å². The third kappa shape index (κ3) is 5.72. The van der Waals surface area contributed by atoms with Crippen molar-refractivity contribution in [2.24, 2.45) is 4.99 Å². The van der Waals surface area contributed by atoms with E-state index in [1.54, 1.807) is 24.3 Å². The lowest BCUT2D eigenvalue weighted by Gasteiger charge is -2.15. The van der Waals surface area contributed by atoms with Gasteiger partial charge in [0, 0.05) is 3.57 Å². The standard InChI is InChI=1S/C25H18FI2NO4/c1-2-31-22-13-16(11-20(28)23(22)32-14-15-6-5-7-17(27)10-15)12-21-25(30)33-24(29-21)18-8-3-4-9-19(18)26/h3-13H,2,14H2,1H3/b21-12-. The van der Waals surface area contributed by atoms with Crippen LogP contribution < -0.4 is 9.47 Å². The van der Waals surface area contributed by atoms with Gasteiger partial charge in [0.1, 0.15) is 12.4 Å². The van der Waals surface area contributed by atoms with E-state index in [0.29, 0.717) is 30.3 Å². The fourth-order valence-electron chi connectivity index (χ4n) is 3.17. The first-order chi connectivity index (χ1) is 15.9. The van der Waals surface area contributed by atoms with Gasteiger partial charge in [0.2, 0.25) is 5.90 Å². The molecule has 0 atom stereocenters. The van der Waals surface area contributed by atoms with Gasteiger partial charge in [0.15, 0.2) is 17.2 Å². The summed E-state index contributed by atoms with van der Waals surface area (Å²) in [6.45, 7) is 2.74. The minimum atomic E-state index is -0.639. The van der Waals surface area contributed by atoms with Gasteiger partial charge >= 0.3 is 5.97 Å². The zero-order valence-corrected chi connectivity index (χ0v) is 21.8. The largest absolute Gasteiger partial charge is 0.490 e. The highest BCUT2D eigenvalue weighted by atomic mass is 127. The smallest absolute Gasteiger partial charge is 0.363 e. The fraction of sp³-hybridized carbons (Fsp3) is 0.120. The van der Waals surface area contributed by atoms with Gasteiger partial charge in [-0.05, 0) is 106 Å². The van der Waals surface area contributed by atoms with Crippen molar-refractivity contribution >= 4 is 63.1 Å². The van der Waals surface area contributed by atoms with E-state index in [2.05, 4.69) is 56.2 Å². The van der Waals surface area contributed by atoms with E-state index in [9.17, 15) is 9.18 Å². The normalized spacial score (nSPS) is 14.2. The van der Waals surface area contributed by atoms with Crippen molar-refractivity contribution < 1.29 is 23.4 Å². The third-order valence-corrected chi connectivity index (χ3v) is 6.10.